The largest absolute Gasteiger partial charge is 0.461 e. The zero-order chi connectivity index (χ0) is 20.5. The molecule has 28 heavy (non-hydrogen) atoms. The Morgan fingerprint density at radius 2 is 2.11 bits per heavy atom. The second-order valence-corrected chi connectivity index (χ2v) is 9.34. The Morgan fingerprint density at radius 3 is 2.75 bits per heavy atom. The van der Waals surface area contributed by atoms with Gasteiger partial charge in [0.05, 0.1) is 18.8 Å². The summed E-state index contributed by atoms with van der Waals surface area (Å²) in [5.74, 6) is 0.975. The molecule has 3 aliphatic carbocycles. The standard InChI is InChI=1S/C21H31N3O4/c1-20(2,3)28-19(26)22-12-15-11-17(24-23-15)18(25)27-9-8-13-6-7-14-10-16(13)21(14,4)5/h6,11,14,16H,7-10,12H2,1-5H3,(H,22,26)(H,23,24)/t14-,16-/m0/s1. The molecule has 0 aliphatic heterocycles. The van der Waals surface area contributed by atoms with Crippen molar-refractivity contribution in [2.45, 2.75) is 66.0 Å². The van der Waals surface area contributed by atoms with Gasteiger partial charge in [0.25, 0.3) is 0 Å². The smallest absolute Gasteiger partial charge is 0.407 e. The van der Waals surface area contributed by atoms with Gasteiger partial charge in [0.1, 0.15) is 5.60 Å². The SMILES string of the molecule is CC(C)(C)OC(=O)NCc1cc(C(=O)OCCC2=CC[C@H]3C[C@@H]2C3(C)C)n[nH]1. The topological polar surface area (TPSA) is 93.3 Å². The van der Waals surface area contributed by atoms with Crippen LogP contribution in [-0.2, 0) is 16.0 Å². The Hall–Kier alpha value is -2.31. The number of esters is 1. The van der Waals surface area contributed by atoms with Gasteiger partial charge in [-0.25, -0.2) is 9.59 Å². The van der Waals surface area contributed by atoms with Gasteiger partial charge >= 0.3 is 12.1 Å². The normalized spacial score (nSPS) is 22.7. The number of carbonyl (C=O) groups is 2. The first-order valence-electron chi connectivity index (χ1n) is 9.93. The summed E-state index contributed by atoms with van der Waals surface area (Å²) in [5, 5.41) is 9.33. The molecule has 0 unspecified atom stereocenters. The molecule has 4 rings (SSSR count). The first kappa shape index (κ1) is 20.4. The molecule has 3 aliphatic rings. The molecule has 1 amide bonds. The maximum absolute atomic E-state index is 12.2. The van der Waals surface area contributed by atoms with E-state index in [2.05, 4.69) is 35.4 Å². The van der Waals surface area contributed by atoms with Crippen molar-refractivity contribution < 1.29 is 19.1 Å². The Morgan fingerprint density at radius 1 is 1.36 bits per heavy atom. The molecule has 1 heterocycles. The third-order valence-electron chi connectivity index (χ3n) is 5.87. The molecule has 2 bridgehead atoms. The van der Waals surface area contributed by atoms with Gasteiger partial charge in [0, 0.05) is 6.42 Å². The van der Waals surface area contributed by atoms with Crippen molar-refractivity contribution in [2.24, 2.45) is 17.3 Å². The molecule has 0 aromatic carbocycles. The summed E-state index contributed by atoms with van der Waals surface area (Å²) in [4.78, 5) is 23.9. The second-order valence-electron chi connectivity index (χ2n) is 9.34. The number of aromatic amines is 1. The molecule has 0 saturated heterocycles. The molecule has 0 radical (unpaired) electrons. The number of ether oxygens (including phenoxy) is 2. The fourth-order valence-electron chi connectivity index (χ4n) is 4.13. The van der Waals surface area contributed by atoms with Gasteiger partial charge in [-0.15, -0.1) is 0 Å². The third kappa shape index (κ3) is 4.56. The lowest BCUT2D eigenvalue weighted by molar-refractivity contribution is -0.0103. The van der Waals surface area contributed by atoms with Crippen LogP contribution in [0.15, 0.2) is 17.7 Å². The number of amides is 1. The summed E-state index contributed by atoms with van der Waals surface area (Å²) in [7, 11) is 0. The number of rotatable bonds is 6. The number of nitrogens with one attached hydrogen (secondary N) is 2. The van der Waals surface area contributed by atoms with Crippen molar-refractivity contribution in [3.05, 3.63) is 29.1 Å². The molecule has 1 fully saturated rings. The van der Waals surface area contributed by atoms with Crippen molar-refractivity contribution in [1.29, 1.82) is 0 Å². The predicted octanol–water partition coefficient (Wildman–Crippen LogP) is 3.97. The van der Waals surface area contributed by atoms with Crippen molar-refractivity contribution in [3.63, 3.8) is 0 Å². The summed E-state index contributed by atoms with van der Waals surface area (Å²) in [6, 6.07) is 1.58. The Bertz CT molecular complexity index is 773. The Labute approximate surface area is 166 Å². The van der Waals surface area contributed by atoms with Crippen molar-refractivity contribution in [1.82, 2.24) is 15.5 Å². The maximum atomic E-state index is 12.2. The number of hydrogen-bond donors (Lipinski definition) is 2. The molecule has 7 nitrogen and oxygen atoms in total. The number of nitrogens with zero attached hydrogens (tertiary/aromatic N) is 1. The molecule has 2 atom stereocenters. The van der Waals surface area contributed by atoms with Gasteiger partial charge < -0.3 is 14.8 Å². The minimum Gasteiger partial charge on any atom is -0.461 e. The molecular formula is C21H31N3O4. The van der Waals surface area contributed by atoms with Gasteiger partial charge in [-0.1, -0.05) is 25.5 Å². The summed E-state index contributed by atoms with van der Waals surface area (Å²) >= 11 is 0. The van der Waals surface area contributed by atoms with Gasteiger partial charge in [-0.3, -0.25) is 5.10 Å². The molecule has 0 spiro atoms. The first-order chi connectivity index (χ1) is 13.1. The van der Waals surface area contributed by atoms with E-state index >= 15 is 0 Å². The van der Waals surface area contributed by atoms with Crippen LogP contribution in [0.25, 0.3) is 0 Å². The van der Waals surface area contributed by atoms with E-state index in [9.17, 15) is 9.59 Å². The van der Waals surface area contributed by atoms with E-state index in [1.54, 1.807) is 26.8 Å². The number of H-pyrrole nitrogens is 1. The number of hydrogen-bond acceptors (Lipinski definition) is 5. The molecule has 1 aromatic rings. The van der Waals surface area contributed by atoms with Crippen LogP contribution in [0.1, 0.15) is 70.1 Å². The highest BCUT2D eigenvalue weighted by molar-refractivity contribution is 5.87. The fourth-order valence-corrected chi connectivity index (χ4v) is 4.13. The van der Waals surface area contributed by atoms with E-state index in [1.165, 1.54) is 12.0 Å². The first-order valence-corrected chi connectivity index (χ1v) is 9.93. The summed E-state index contributed by atoms with van der Waals surface area (Å²) in [6.07, 6.45) is 4.99. The van der Waals surface area contributed by atoms with Crippen LogP contribution in [0, 0.1) is 17.3 Å². The van der Waals surface area contributed by atoms with Crippen LogP contribution in [0.3, 0.4) is 0 Å². The number of allylic oxidation sites excluding steroid dienone is 1. The quantitative estimate of drug-likeness (QED) is 0.567. The minimum absolute atomic E-state index is 0.194. The van der Waals surface area contributed by atoms with Gasteiger partial charge in [0.2, 0.25) is 0 Å². The molecule has 7 heteroatoms. The Kier molecular flexibility index (Phi) is 5.55. The lowest BCUT2D eigenvalue weighted by Gasteiger charge is -2.56. The zero-order valence-electron chi connectivity index (χ0n) is 17.4. The second kappa shape index (κ2) is 7.60. The summed E-state index contributed by atoms with van der Waals surface area (Å²) < 4.78 is 10.6. The third-order valence-corrected chi connectivity index (χ3v) is 5.87. The van der Waals surface area contributed by atoms with Crippen LogP contribution in [-0.4, -0.2) is 34.5 Å². The van der Waals surface area contributed by atoms with E-state index in [1.807, 2.05) is 0 Å². The number of carbonyl (C=O) groups excluding carboxylic acids is 2. The maximum Gasteiger partial charge on any atom is 0.407 e. The zero-order valence-corrected chi connectivity index (χ0v) is 17.4. The van der Waals surface area contributed by atoms with E-state index in [0.717, 1.165) is 18.8 Å². The summed E-state index contributed by atoms with van der Waals surface area (Å²) in [6.45, 7) is 10.6. The number of alkyl carbamates (subject to hydrolysis) is 1. The van der Waals surface area contributed by atoms with E-state index < -0.39 is 17.7 Å². The van der Waals surface area contributed by atoms with Crippen LogP contribution >= 0.6 is 0 Å². The highest BCUT2D eigenvalue weighted by Crippen LogP contribution is 2.59. The van der Waals surface area contributed by atoms with Crippen molar-refractivity contribution in [2.75, 3.05) is 6.61 Å². The van der Waals surface area contributed by atoms with Gasteiger partial charge in [0.15, 0.2) is 5.69 Å². The average Bonchev–Trinajstić information content (AvgIpc) is 3.07. The van der Waals surface area contributed by atoms with Crippen molar-refractivity contribution >= 4 is 12.1 Å². The predicted molar refractivity (Wildman–Crippen MR) is 105 cm³/mol. The molecule has 2 N–H and O–H groups in total. The summed E-state index contributed by atoms with van der Waals surface area (Å²) in [5.41, 5.74) is 2.06. The van der Waals surface area contributed by atoms with Crippen LogP contribution in [0.2, 0.25) is 0 Å². The van der Waals surface area contributed by atoms with E-state index in [0.29, 0.717) is 23.6 Å². The fraction of sp³-hybridized carbons (Fsp3) is 0.667. The lowest BCUT2D eigenvalue weighted by Crippen LogP contribution is -2.48. The minimum atomic E-state index is -0.559. The highest BCUT2D eigenvalue weighted by atomic mass is 16.6. The molecular weight excluding hydrogens is 358 g/mol. The van der Waals surface area contributed by atoms with Crippen molar-refractivity contribution in [3.8, 4) is 0 Å². The Balaban J connectivity index is 1.42. The molecule has 1 saturated carbocycles. The van der Waals surface area contributed by atoms with Gasteiger partial charge in [-0.2, -0.15) is 5.10 Å². The van der Waals surface area contributed by atoms with Crippen LogP contribution in [0.5, 0.6) is 0 Å². The number of fused-ring (bicyclic) bond motifs is 1. The molecule has 154 valence electrons. The van der Waals surface area contributed by atoms with Crippen LogP contribution in [0.4, 0.5) is 4.79 Å². The van der Waals surface area contributed by atoms with Crippen LogP contribution < -0.4 is 5.32 Å². The molecule has 1 aromatic heterocycles. The van der Waals surface area contributed by atoms with E-state index in [4.69, 9.17) is 9.47 Å². The lowest BCUT2D eigenvalue weighted by atomic mass is 9.48. The van der Waals surface area contributed by atoms with Gasteiger partial charge in [-0.05, 0) is 56.9 Å². The average molecular weight is 389 g/mol. The monoisotopic (exact) mass is 389 g/mol. The highest BCUT2D eigenvalue weighted by Gasteiger charge is 2.50. The van der Waals surface area contributed by atoms with E-state index in [-0.39, 0.29) is 12.2 Å². The number of aromatic nitrogens is 2.